The van der Waals surface area contributed by atoms with Crippen molar-refractivity contribution in [3.63, 3.8) is 0 Å². The van der Waals surface area contributed by atoms with Gasteiger partial charge in [0.05, 0.1) is 11.0 Å². The van der Waals surface area contributed by atoms with Crippen LogP contribution in [0.25, 0.3) is 67.8 Å². The van der Waals surface area contributed by atoms with Crippen LogP contribution >= 0.6 is 22.7 Å². The second-order valence-corrected chi connectivity index (χ2v) is 10.0. The minimum absolute atomic E-state index is 0.961. The maximum atomic E-state index is 4.76. The molecular formula is C26H13N3S2. The molecule has 31 heavy (non-hydrogen) atoms. The first-order chi connectivity index (χ1) is 15.4. The van der Waals surface area contributed by atoms with Gasteiger partial charge in [-0.15, -0.1) is 22.7 Å². The molecule has 0 fully saturated rings. The monoisotopic (exact) mass is 431 g/mol. The number of nitrogens with zero attached hydrogens (tertiary/aromatic N) is 3. The second-order valence-electron chi connectivity index (χ2n) is 7.90. The van der Waals surface area contributed by atoms with Gasteiger partial charge < -0.3 is 0 Å². The van der Waals surface area contributed by atoms with Gasteiger partial charge in [-0.2, -0.15) is 0 Å². The van der Waals surface area contributed by atoms with E-state index in [0.29, 0.717) is 0 Å². The first-order valence-electron chi connectivity index (χ1n) is 10.2. The molecule has 0 atom stereocenters. The maximum absolute atomic E-state index is 4.76. The van der Waals surface area contributed by atoms with Gasteiger partial charge in [-0.05, 0) is 36.4 Å². The highest BCUT2D eigenvalue weighted by Gasteiger charge is 2.16. The minimum Gasteiger partial charge on any atom is -0.299 e. The largest absolute Gasteiger partial charge is 0.299 e. The van der Waals surface area contributed by atoms with Crippen molar-refractivity contribution in [1.29, 1.82) is 0 Å². The molecule has 0 unspecified atom stereocenters. The average molecular weight is 432 g/mol. The summed E-state index contributed by atoms with van der Waals surface area (Å²) in [6, 6.07) is 22.1. The van der Waals surface area contributed by atoms with Crippen molar-refractivity contribution < 1.29 is 0 Å². The Morgan fingerprint density at radius 2 is 1.58 bits per heavy atom. The molecule has 0 amide bonds. The van der Waals surface area contributed by atoms with Crippen molar-refractivity contribution in [2.75, 3.05) is 0 Å². The zero-order valence-electron chi connectivity index (χ0n) is 16.2. The van der Waals surface area contributed by atoms with Crippen LogP contribution in [0.5, 0.6) is 0 Å². The van der Waals surface area contributed by atoms with Crippen LogP contribution in [-0.4, -0.2) is 14.4 Å². The van der Waals surface area contributed by atoms with E-state index in [-0.39, 0.29) is 0 Å². The minimum atomic E-state index is 0.961. The van der Waals surface area contributed by atoms with Crippen molar-refractivity contribution in [2.45, 2.75) is 0 Å². The summed E-state index contributed by atoms with van der Waals surface area (Å²) in [4.78, 5) is 9.37. The molecule has 5 heterocycles. The molecule has 0 aliphatic carbocycles. The smallest absolute Gasteiger partial charge is 0.146 e. The third-order valence-electron chi connectivity index (χ3n) is 6.30. The predicted octanol–water partition coefficient (Wildman–Crippen LogP) is 7.77. The van der Waals surface area contributed by atoms with Gasteiger partial charge in [0.2, 0.25) is 0 Å². The fourth-order valence-electron chi connectivity index (χ4n) is 4.96. The molecule has 3 nitrogen and oxygen atoms in total. The van der Waals surface area contributed by atoms with E-state index in [1.54, 1.807) is 0 Å². The molecule has 144 valence electrons. The summed E-state index contributed by atoms with van der Waals surface area (Å²) in [6.07, 6.45) is 5.80. The van der Waals surface area contributed by atoms with Crippen LogP contribution in [-0.2, 0) is 0 Å². The highest BCUT2D eigenvalue weighted by molar-refractivity contribution is 7.29. The summed E-state index contributed by atoms with van der Waals surface area (Å²) in [5.41, 5.74) is 3.13. The van der Waals surface area contributed by atoms with Crippen molar-refractivity contribution in [3.05, 3.63) is 79.3 Å². The first-order valence-corrected chi connectivity index (χ1v) is 11.8. The Labute approximate surface area is 183 Å². The van der Waals surface area contributed by atoms with Gasteiger partial charge >= 0.3 is 0 Å². The summed E-state index contributed by atoms with van der Waals surface area (Å²) < 4.78 is 7.56. The van der Waals surface area contributed by atoms with Crippen LogP contribution in [0.4, 0.5) is 0 Å². The Morgan fingerprint density at radius 1 is 0.645 bits per heavy atom. The molecule has 5 aromatic heterocycles. The number of benzene rings is 3. The van der Waals surface area contributed by atoms with E-state index in [2.05, 4.69) is 64.0 Å². The summed E-state index contributed by atoms with van der Waals surface area (Å²) >= 11 is 3.77. The van der Waals surface area contributed by atoms with Gasteiger partial charge in [-0.25, -0.2) is 4.98 Å². The summed E-state index contributed by atoms with van der Waals surface area (Å²) in [5.74, 6) is 0. The SMILES string of the molecule is c1ccc2c(c1)sc1c2ccc2sc3cc4c(cc3c21)c1ncccc1c1nccn41. The number of imidazole rings is 1. The number of hydrogen-bond acceptors (Lipinski definition) is 4. The van der Waals surface area contributed by atoms with Crippen LogP contribution < -0.4 is 0 Å². The van der Waals surface area contributed by atoms with Crippen LogP contribution in [0.15, 0.2) is 79.3 Å². The molecule has 5 heteroatoms. The van der Waals surface area contributed by atoms with Gasteiger partial charge in [-0.1, -0.05) is 24.3 Å². The predicted molar refractivity (Wildman–Crippen MR) is 134 cm³/mol. The first kappa shape index (κ1) is 16.2. The number of aromatic nitrogens is 3. The molecular weight excluding hydrogens is 418 g/mol. The van der Waals surface area contributed by atoms with E-state index < -0.39 is 0 Å². The molecule has 0 saturated heterocycles. The number of fused-ring (bicyclic) bond motifs is 13. The summed E-state index contributed by atoms with van der Waals surface area (Å²) in [5, 5.41) is 7.64. The third kappa shape index (κ3) is 1.98. The Kier molecular flexibility index (Phi) is 2.91. The lowest BCUT2D eigenvalue weighted by molar-refractivity contribution is 1.27. The zero-order chi connectivity index (χ0) is 20.1. The normalized spacial score (nSPS) is 12.5. The molecule has 0 N–H and O–H groups in total. The van der Waals surface area contributed by atoms with Crippen molar-refractivity contribution in [3.8, 4) is 0 Å². The fourth-order valence-corrected chi connectivity index (χ4v) is 7.42. The molecule has 0 radical (unpaired) electrons. The standard InChI is InChI=1S/C26H13N3S2/c1-2-6-20-14(4-1)15-7-8-21-23(25(15)31-20)18-12-17-19(13-22(18)30-21)29-11-10-28-26(29)16-5-3-9-27-24(16)17/h1-13H. The maximum Gasteiger partial charge on any atom is 0.146 e. The third-order valence-corrected chi connectivity index (χ3v) is 8.62. The number of pyridine rings is 2. The molecule has 0 aliphatic rings. The van der Waals surface area contributed by atoms with Crippen LogP contribution in [0, 0.1) is 0 Å². The molecule has 0 aliphatic heterocycles. The number of hydrogen-bond donors (Lipinski definition) is 0. The lowest BCUT2D eigenvalue weighted by atomic mass is 10.0. The highest BCUT2D eigenvalue weighted by Crippen LogP contribution is 2.45. The van der Waals surface area contributed by atoms with E-state index >= 15 is 0 Å². The zero-order valence-corrected chi connectivity index (χ0v) is 17.8. The van der Waals surface area contributed by atoms with E-state index in [4.69, 9.17) is 4.98 Å². The van der Waals surface area contributed by atoms with E-state index in [1.165, 1.54) is 45.7 Å². The molecule has 3 aromatic carbocycles. The molecule has 8 rings (SSSR count). The molecule has 0 saturated carbocycles. The lowest BCUT2D eigenvalue weighted by Crippen LogP contribution is -1.91. The van der Waals surface area contributed by atoms with Crippen molar-refractivity contribution in [1.82, 2.24) is 14.4 Å². The number of rotatable bonds is 0. The Morgan fingerprint density at radius 3 is 2.58 bits per heavy atom. The Bertz CT molecular complexity index is 2010. The van der Waals surface area contributed by atoms with Crippen LogP contribution in [0.2, 0.25) is 0 Å². The highest BCUT2D eigenvalue weighted by atomic mass is 32.1. The molecule has 8 aromatic rings. The van der Waals surface area contributed by atoms with E-state index in [9.17, 15) is 0 Å². The van der Waals surface area contributed by atoms with Crippen molar-refractivity contribution in [2.24, 2.45) is 0 Å². The van der Waals surface area contributed by atoms with Gasteiger partial charge in [0, 0.05) is 69.7 Å². The molecule has 0 spiro atoms. The average Bonchev–Trinajstić information content (AvgIpc) is 3.52. The van der Waals surface area contributed by atoms with Gasteiger partial charge in [0.25, 0.3) is 0 Å². The lowest BCUT2D eigenvalue weighted by Gasteiger charge is -2.08. The van der Waals surface area contributed by atoms with E-state index in [1.807, 2.05) is 47.3 Å². The van der Waals surface area contributed by atoms with Crippen LogP contribution in [0.3, 0.4) is 0 Å². The van der Waals surface area contributed by atoms with Crippen molar-refractivity contribution >= 4 is 90.5 Å². The van der Waals surface area contributed by atoms with Gasteiger partial charge in [-0.3, -0.25) is 9.38 Å². The summed E-state index contributed by atoms with van der Waals surface area (Å²) in [7, 11) is 0. The Balaban J connectivity index is 1.65. The quantitative estimate of drug-likeness (QED) is 0.230. The van der Waals surface area contributed by atoms with Gasteiger partial charge in [0.15, 0.2) is 0 Å². The Hall–Kier alpha value is -3.54. The van der Waals surface area contributed by atoms with Gasteiger partial charge in [0.1, 0.15) is 5.65 Å². The molecule has 0 bridgehead atoms. The van der Waals surface area contributed by atoms with E-state index in [0.717, 1.165) is 22.1 Å². The van der Waals surface area contributed by atoms with Crippen LogP contribution in [0.1, 0.15) is 0 Å². The second kappa shape index (κ2) is 5.58. The fraction of sp³-hybridized carbons (Fsp3) is 0. The summed E-state index contributed by atoms with van der Waals surface area (Å²) in [6.45, 7) is 0. The number of thiophene rings is 2. The topological polar surface area (TPSA) is 30.2 Å².